The highest BCUT2D eigenvalue weighted by atomic mass is 19.1. The van der Waals surface area contributed by atoms with Gasteiger partial charge in [-0.05, 0) is 49.4 Å². The molecule has 3 aromatic carbocycles. The molecular weight excluding hydrogens is 386 g/mol. The Hall–Kier alpha value is -3.25. The van der Waals surface area contributed by atoms with Crippen LogP contribution in [-0.4, -0.2) is 29.9 Å². The molecule has 1 heterocycles. The van der Waals surface area contributed by atoms with Crippen LogP contribution in [0.15, 0.2) is 72.8 Å². The van der Waals surface area contributed by atoms with E-state index >= 15 is 0 Å². The van der Waals surface area contributed by atoms with Crippen molar-refractivity contribution in [3.63, 3.8) is 0 Å². The van der Waals surface area contributed by atoms with Gasteiger partial charge in [0.1, 0.15) is 23.1 Å². The minimum Gasteiger partial charge on any atom is -0.457 e. The number of hydrogen-bond donors (Lipinski definition) is 0. The second kappa shape index (κ2) is 8.63. The van der Waals surface area contributed by atoms with Gasteiger partial charge in [0.2, 0.25) is 5.91 Å². The van der Waals surface area contributed by atoms with Crippen LogP contribution < -0.4 is 9.64 Å². The Morgan fingerprint density at radius 3 is 2.33 bits per heavy atom. The zero-order valence-electron chi connectivity index (χ0n) is 16.6. The zero-order chi connectivity index (χ0) is 21.1. The fraction of sp³-hybridized carbons (Fsp3) is 0.208. The van der Waals surface area contributed by atoms with Crippen molar-refractivity contribution in [2.45, 2.75) is 19.5 Å². The van der Waals surface area contributed by atoms with E-state index in [1.807, 2.05) is 66.4 Å². The van der Waals surface area contributed by atoms with Gasteiger partial charge in [0.15, 0.2) is 0 Å². The van der Waals surface area contributed by atoms with Crippen molar-refractivity contribution in [2.24, 2.45) is 0 Å². The number of amides is 1. The van der Waals surface area contributed by atoms with Crippen molar-refractivity contribution >= 4 is 11.6 Å². The number of para-hydroxylation sites is 1. The fourth-order valence-electron chi connectivity index (χ4n) is 3.57. The first kappa shape index (κ1) is 20.0. The van der Waals surface area contributed by atoms with E-state index in [2.05, 4.69) is 0 Å². The molecule has 1 atom stereocenters. The van der Waals surface area contributed by atoms with Crippen molar-refractivity contribution in [3.8, 4) is 11.5 Å². The molecule has 154 valence electrons. The number of rotatable bonds is 5. The molecule has 0 saturated carbocycles. The van der Waals surface area contributed by atoms with Gasteiger partial charge >= 0.3 is 0 Å². The van der Waals surface area contributed by atoms with Crippen LogP contribution >= 0.6 is 0 Å². The molecule has 0 unspecified atom stereocenters. The van der Waals surface area contributed by atoms with Gasteiger partial charge in [0.05, 0.1) is 6.04 Å². The molecule has 0 spiro atoms. The molecule has 0 radical (unpaired) electrons. The van der Waals surface area contributed by atoms with E-state index in [9.17, 15) is 13.6 Å². The highest BCUT2D eigenvalue weighted by Crippen LogP contribution is 2.27. The lowest BCUT2D eigenvalue weighted by Crippen LogP contribution is -2.55. The van der Waals surface area contributed by atoms with Crippen LogP contribution in [0.2, 0.25) is 0 Å². The maximum absolute atomic E-state index is 14.0. The molecule has 1 amide bonds. The van der Waals surface area contributed by atoms with Crippen LogP contribution in [0, 0.1) is 11.6 Å². The van der Waals surface area contributed by atoms with Gasteiger partial charge in [-0.2, -0.15) is 0 Å². The lowest BCUT2D eigenvalue weighted by Gasteiger charge is -2.39. The highest BCUT2D eigenvalue weighted by Gasteiger charge is 2.32. The highest BCUT2D eigenvalue weighted by molar-refractivity contribution is 5.97. The average Bonchev–Trinajstić information content (AvgIpc) is 2.75. The van der Waals surface area contributed by atoms with Gasteiger partial charge < -0.3 is 9.64 Å². The molecule has 1 fully saturated rings. The van der Waals surface area contributed by atoms with E-state index in [1.54, 1.807) is 4.90 Å². The summed E-state index contributed by atoms with van der Waals surface area (Å²) in [7, 11) is 0. The number of hydrogen-bond acceptors (Lipinski definition) is 3. The lowest BCUT2D eigenvalue weighted by molar-refractivity contribution is -0.125. The first-order valence-electron chi connectivity index (χ1n) is 9.83. The molecule has 1 aliphatic rings. The largest absolute Gasteiger partial charge is 0.457 e. The van der Waals surface area contributed by atoms with Crippen LogP contribution in [0.25, 0.3) is 0 Å². The molecule has 0 N–H and O–H groups in total. The van der Waals surface area contributed by atoms with Crippen molar-refractivity contribution in [2.75, 3.05) is 18.0 Å². The molecule has 3 aromatic rings. The molecule has 4 nitrogen and oxygen atoms in total. The predicted molar refractivity (Wildman–Crippen MR) is 112 cm³/mol. The molecule has 1 aliphatic heterocycles. The Labute approximate surface area is 174 Å². The number of ether oxygens (including phenoxy) is 1. The maximum atomic E-state index is 14.0. The van der Waals surface area contributed by atoms with Crippen LogP contribution in [0.5, 0.6) is 11.5 Å². The van der Waals surface area contributed by atoms with Gasteiger partial charge in [-0.3, -0.25) is 9.69 Å². The van der Waals surface area contributed by atoms with E-state index in [1.165, 1.54) is 12.1 Å². The number of halogens is 2. The number of anilines is 1. The number of nitrogens with zero attached hydrogens (tertiary/aromatic N) is 2. The number of benzene rings is 3. The second-order valence-corrected chi connectivity index (χ2v) is 7.28. The van der Waals surface area contributed by atoms with Crippen LogP contribution in [-0.2, 0) is 11.3 Å². The van der Waals surface area contributed by atoms with Crippen LogP contribution in [0.1, 0.15) is 12.5 Å². The fourth-order valence-corrected chi connectivity index (χ4v) is 3.57. The summed E-state index contributed by atoms with van der Waals surface area (Å²) in [6.07, 6.45) is 0. The lowest BCUT2D eigenvalue weighted by atomic mass is 10.1. The quantitative estimate of drug-likeness (QED) is 0.596. The minimum absolute atomic E-state index is 0.0551. The normalized spacial score (nSPS) is 17.2. The maximum Gasteiger partial charge on any atom is 0.244 e. The van der Waals surface area contributed by atoms with E-state index < -0.39 is 17.7 Å². The summed E-state index contributed by atoms with van der Waals surface area (Å²) in [5.74, 6) is 0.184. The molecule has 4 rings (SSSR count). The standard InChI is InChI=1S/C24H22F2N2O2/c1-17-24(29)28(14-13-27(17)16-18-7-8-19(25)15-23(18)26)20-9-11-22(12-10-20)30-21-5-3-2-4-6-21/h2-12,15,17H,13-14,16H2,1H3/t17-/m0/s1. The van der Waals surface area contributed by atoms with Crippen LogP contribution in [0.4, 0.5) is 14.5 Å². The van der Waals surface area contributed by atoms with Gasteiger partial charge in [-0.15, -0.1) is 0 Å². The summed E-state index contributed by atoms with van der Waals surface area (Å²) >= 11 is 0. The van der Waals surface area contributed by atoms with Crippen molar-refractivity contribution in [3.05, 3.63) is 90.0 Å². The van der Waals surface area contributed by atoms with E-state index in [0.29, 0.717) is 24.4 Å². The van der Waals surface area contributed by atoms with E-state index in [-0.39, 0.29) is 12.5 Å². The summed E-state index contributed by atoms with van der Waals surface area (Å²) < 4.78 is 32.9. The first-order chi connectivity index (χ1) is 14.5. The minimum atomic E-state index is -0.607. The van der Waals surface area contributed by atoms with E-state index in [4.69, 9.17) is 4.74 Å². The third kappa shape index (κ3) is 4.33. The molecular formula is C24H22F2N2O2. The number of carbonyl (C=O) groups is 1. The zero-order valence-corrected chi connectivity index (χ0v) is 16.6. The second-order valence-electron chi connectivity index (χ2n) is 7.28. The molecule has 0 bridgehead atoms. The monoisotopic (exact) mass is 408 g/mol. The summed E-state index contributed by atoms with van der Waals surface area (Å²) in [5.41, 5.74) is 1.17. The number of piperazine rings is 1. The Bertz CT molecular complexity index is 1030. The topological polar surface area (TPSA) is 32.8 Å². The van der Waals surface area contributed by atoms with E-state index in [0.717, 1.165) is 17.5 Å². The van der Waals surface area contributed by atoms with Gasteiger partial charge in [0, 0.05) is 37.0 Å². The Morgan fingerprint density at radius 1 is 0.933 bits per heavy atom. The van der Waals surface area contributed by atoms with Crippen LogP contribution in [0.3, 0.4) is 0 Å². The third-order valence-electron chi connectivity index (χ3n) is 5.30. The Kier molecular flexibility index (Phi) is 5.77. The van der Waals surface area contributed by atoms with Crippen molar-refractivity contribution in [1.82, 2.24) is 4.90 Å². The molecule has 0 aliphatic carbocycles. The number of carbonyl (C=O) groups excluding carboxylic acids is 1. The molecule has 1 saturated heterocycles. The molecule has 30 heavy (non-hydrogen) atoms. The van der Waals surface area contributed by atoms with Crippen molar-refractivity contribution < 1.29 is 18.3 Å². The van der Waals surface area contributed by atoms with Gasteiger partial charge in [-0.1, -0.05) is 24.3 Å². The summed E-state index contributed by atoms with van der Waals surface area (Å²) in [5, 5.41) is 0. The summed E-state index contributed by atoms with van der Waals surface area (Å²) in [6.45, 7) is 3.15. The van der Waals surface area contributed by atoms with Gasteiger partial charge in [-0.25, -0.2) is 8.78 Å². The van der Waals surface area contributed by atoms with Crippen molar-refractivity contribution in [1.29, 1.82) is 0 Å². The predicted octanol–water partition coefficient (Wildman–Crippen LogP) is 4.99. The molecule has 0 aromatic heterocycles. The summed E-state index contributed by atoms with van der Waals surface area (Å²) in [6, 6.07) is 20.0. The van der Waals surface area contributed by atoms with Gasteiger partial charge in [0.25, 0.3) is 0 Å². The smallest absolute Gasteiger partial charge is 0.244 e. The first-order valence-corrected chi connectivity index (χ1v) is 9.83. The Morgan fingerprint density at radius 2 is 1.63 bits per heavy atom. The average molecular weight is 408 g/mol. The summed E-state index contributed by atoms with van der Waals surface area (Å²) in [4.78, 5) is 16.6. The molecule has 6 heteroatoms. The Balaban J connectivity index is 1.42. The SMILES string of the molecule is C[C@H]1C(=O)N(c2ccc(Oc3ccccc3)cc2)CCN1Cc1ccc(F)cc1F. The third-order valence-corrected chi connectivity index (χ3v) is 5.30.